The van der Waals surface area contributed by atoms with Gasteiger partial charge in [0.15, 0.2) is 11.5 Å². The average Bonchev–Trinajstić information content (AvgIpc) is 3.09. The molecule has 27 heavy (non-hydrogen) atoms. The largest absolute Gasteiger partial charge is 0.412 e. The molecule has 154 valence electrons. The van der Waals surface area contributed by atoms with Crippen LogP contribution < -0.4 is 5.32 Å². The first kappa shape index (κ1) is 23.9. The molecule has 7 nitrogen and oxygen atoms in total. The molecule has 4 rings (SSSR count). The first-order chi connectivity index (χ1) is 11.8. The van der Waals surface area contributed by atoms with Gasteiger partial charge in [-0.3, -0.25) is 0 Å². The van der Waals surface area contributed by atoms with Crippen molar-refractivity contribution in [3.8, 4) is 0 Å². The predicted molar refractivity (Wildman–Crippen MR) is 113 cm³/mol. The second-order valence-electron chi connectivity index (χ2n) is 7.42. The topological polar surface area (TPSA) is 89.8 Å². The van der Waals surface area contributed by atoms with Crippen molar-refractivity contribution in [3.05, 3.63) is 17.5 Å². The molecule has 0 unspecified atom stereocenters. The molecule has 1 fully saturated rings. The molecule has 1 aliphatic carbocycles. The molecule has 2 aliphatic rings. The van der Waals surface area contributed by atoms with Crippen molar-refractivity contribution < 1.29 is 5.48 Å². The van der Waals surface area contributed by atoms with E-state index in [1.807, 2.05) is 4.52 Å². The Morgan fingerprint density at radius 3 is 2.56 bits per heavy atom. The number of piperidine rings is 1. The quantitative estimate of drug-likeness (QED) is 0.753. The molecule has 0 bridgehead atoms. The minimum absolute atomic E-state index is 0. The zero-order valence-corrected chi connectivity index (χ0v) is 17.6. The van der Waals surface area contributed by atoms with Crippen LogP contribution in [0.4, 0.5) is 5.82 Å². The molecule has 0 saturated carbocycles. The van der Waals surface area contributed by atoms with Crippen molar-refractivity contribution in [1.29, 1.82) is 0 Å². The van der Waals surface area contributed by atoms with Crippen LogP contribution >= 0.6 is 24.8 Å². The summed E-state index contributed by atoms with van der Waals surface area (Å²) in [5, 5.41) is 16.6. The van der Waals surface area contributed by atoms with Crippen LogP contribution in [-0.4, -0.2) is 56.4 Å². The SMILES string of the molecule is CC1CCN(CCCNc2nn3cnnc3c3c2CCCC3)CC1.Cl.Cl.O. The van der Waals surface area contributed by atoms with Crippen molar-refractivity contribution >= 4 is 36.3 Å². The van der Waals surface area contributed by atoms with Gasteiger partial charge < -0.3 is 15.7 Å². The molecule has 1 saturated heterocycles. The van der Waals surface area contributed by atoms with E-state index in [2.05, 4.69) is 27.3 Å². The van der Waals surface area contributed by atoms with Crippen molar-refractivity contribution in [2.45, 2.75) is 51.9 Å². The number of fused-ring (bicyclic) bond motifs is 3. The fourth-order valence-electron chi connectivity index (χ4n) is 4.02. The minimum Gasteiger partial charge on any atom is -0.412 e. The number of rotatable bonds is 5. The lowest BCUT2D eigenvalue weighted by Crippen LogP contribution is -2.34. The van der Waals surface area contributed by atoms with Gasteiger partial charge in [0, 0.05) is 17.7 Å². The summed E-state index contributed by atoms with van der Waals surface area (Å²) in [5.74, 6) is 1.95. The summed E-state index contributed by atoms with van der Waals surface area (Å²) in [5.41, 5.74) is 3.66. The van der Waals surface area contributed by atoms with Crippen LogP contribution in [0, 0.1) is 5.92 Å². The predicted octanol–water partition coefficient (Wildman–Crippen LogP) is 2.56. The van der Waals surface area contributed by atoms with Crippen LogP contribution in [0.25, 0.3) is 5.65 Å². The highest BCUT2D eigenvalue weighted by Crippen LogP contribution is 2.28. The Morgan fingerprint density at radius 2 is 1.81 bits per heavy atom. The molecule has 0 spiro atoms. The summed E-state index contributed by atoms with van der Waals surface area (Å²) in [7, 11) is 0. The molecule has 0 atom stereocenters. The van der Waals surface area contributed by atoms with Crippen molar-refractivity contribution in [2.75, 3.05) is 31.5 Å². The van der Waals surface area contributed by atoms with Gasteiger partial charge in [0.05, 0.1) is 0 Å². The summed E-state index contributed by atoms with van der Waals surface area (Å²) in [6.45, 7) is 7.08. The third-order valence-electron chi connectivity index (χ3n) is 5.58. The lowest BCUT2D eigenvalue weighted by Gasteiger charge is -2.30. The van der Waals surface area contributed by atoms with Gasteiger partial charge in [-0.25, -0.2) is 0 Å². The van der Waals surface area contributed by atoms with Crippen LogP contribution in [0.2, 0.25) is 0 Å². The lowest BCUT2D eigenvalue weighted by molar-refractivity contribution is 0.192. The fraction of sp³-hybridized carbons (Fsp3) is 0.722. The van der Waals surface area contributed by atoms with Gasteiger partial charge in [0.2, 0.25) is 0 Å². The van der Waals surface area contributed by atoms with Crippen LogP contribution in [0.3, 0.4) is 0 Å². The monoisotopic (exact) mass is 418 g/mol. The smallest absolute Gasteiger partial charge is 0.181 e. The lowest BCUT2D eigenvalue weighted by atomic mass is 9.93. The van der Waals surface area contributed by atoms with Gasteiger partial charge >= 0.3 is 0 Å². The van der Waals surface area contributed by atoms with Gasteiger partial charge in [-0.1, -0.05) is 6.92 Å². The van der Waals surface area contributed by atoms with E-state index in [9.17, 15) is 0 Å². The number of halogens is 2. The molecular weight excluding hydrogens is 387 g/mol. The second kappa shape index (κ2) is 11.0. The number of aromatic nitrogens is 4. The maximum atomic E-state index is 4.71. The molecule has 2 aromatic heterocycles. The Kier molecular flexibility index (Phi) is 9.73. The summed E-state index contributed by atoms with van der Waals surface area (Å²) < 4.78 is 1.83. The number of likely N-dealkylation sites (tertiary alicyclic amines) is 1. The number of aryl methyl sites for hydroxylation is 1. The van der Waals surface area contributed by atoms with Crippen LogP contribution in [0.15, 0.2) is 6.33 Å². The standard InChI is InChI=1S/C18H28N6.2ClH.H2O/c1-14-7-11-23(12-8-14)10-4-9-19-17-15-5-2-3-6-16(15)18-21-20-13-24(18)22-17;;;/h13-14H,2-12H2,1H3,(H,19,22);2*1H;1H2. The van der Waals surface area contributed by atoms with E-state index < -0.39 is 0 Å². The Morgan fingerprint density at radius 1 is 1.11 bits per heavy atom. The Balaban J connectivity index is 0.00000121. The Hall–Kier alpha value is -1.15. The number of hydrogen-bond acceptors (Lipinski definition) is 5. The van der Waals surface area contributed by atoms with E-state index in [1.165, 1.54) is 62.9 Å². The van der Waals surface area contributed by atoms with Gasteiger partial charge in [-0.05, 0) is 70.5 Å². The Bertz CT molecular complexity index is 702. The van der Waals surface area contributed by atoms with E-state index in [4.69, 9.17) is 5.10 Å². The van der Waals surface area contributed by atoms with Gasteiger partial charge in [0.1, 0.15) is 6.33 Å². The maximum absolute atomic E-state index is 4.71. The second-order valence-corrected chi connectivity index (χ2v) is 7.42. The van der Waals surface area contributed by atoms with Crippen molar-refractivity contribution in [3.63, 3.8) is 0 Å². The molecule has 2 aromatic rings. The summed E-state index contributed by atoms with van der Waals surface area (Å²) in [6.07, 6.45) is 10.3. The summed E-state index contributed by atoms with van der Waals surface area (Å²) in [6, 6.07) is 0. The van der Waals surface area contributed by atoms with E-state index in [0.29, 0.717) is 0 Å². The van der Waals surface area contributed by atoms with E-state index in [0.717, 1.165) is 36.8 Å². The molecule has 3 heterocycles. The molecule has 9 heteroatoms. The first-order valence-corrected chi connectivity index (χ1v) is 9.49. The normalized spacial score (nSPS) is 17.4. The van der Waals surface area contributed by atoms with Crippen LogP contribution in [0.1, 0.15) is 50.2 Å². The van der Waals surface area contributed by atoms with E-state index in [-0.39, 0.29) is 30.3 Å². The molecule has 0 aromatic carbocycles. The third-order valence-corrected chi connectivity index (χ3v) is 5.58. The fourth-order valence-corrected chi connectivity index (χ4v) is 4.02. The molecule has 0 amide bonds. The van der Waals surface area contributed by atoms with E-state index >= 15 is 0 Å². The number of anilines is 1. The minimum atomic E-state index is 0. The Labute approximate surface area is 173 Å². The zero-order valence-electron chi connectivity index (χ0n) is 16.0. The summed E-state index contributed by atoms with van der Waals surface area (Å²) >= 11 is 0. The van der Waals surface area contributed by atoms with Gasteiger partial charge in [0.25, 0.3) is 0 Å². The third kappa shape index (κ3) is 5.44. The molecular formula is C18H32Cl2N6O. The molecule has 0 radical (unpaired) electrons. The van der Waals surface area contributed by atoms with Crippen molar-refractivity contribution in [2.24, 2.45) is 5.92 Å². The molecule has 1 aliphatic heterocycles. The van der Waals surface area contributed by atoms with Gasteiger partial charge in [-0.2, -0.15) is 4.52 Å². The van der Waals surface area contributed by atoms with Gasteiger partial charge in [-0.15, -0.1) is 40.1 Å². The summed E-state index contributed by atoms with van der Waals surface area (Å²) in [4.78, 5) is 2.60. The zero-order chi connectivity index (χ0) is 16.4. The maximum Gasteiger partial charge on any atom is 0.181 e. The molecule has 3 N–H and O–H groups in total. The highest BCUT2D eigenvalue weighted by Gasteiger charge is 2.20. The first-order valence-electron chi connectivity index (χ1n) is 9.49. The number of nitrogens with zero attached hydrogens (tertiary/aromatic N) is 5. The van der Waals surface area contributed by atoms with Crippen LogP contribution in [0.5, 0.6) is 0 Å². The highest BCUT2D eigenvalue weighted by atomic mass is 35.5. The number of nitrogens with one attached hydrogen (secondary N) is 1. The van der Waals surface area contributed by atoms with Crippen LogP contribution in [-0.2, 0) is 12.8 Å². The average molecular weight is 419 g/mol. The highest BCUT2D eigenvalue weighted by molar-refractivity contribution is 5.85. The number of hydrogen-bond donors (Lipinski definition) is 1. The van der Waals surface area contributed by atoms with E-state index in [1.54, 1.807) is 6.33 Å². The van der Waals surface area contributed by atoms with Crippen molar-refractivity contribution in [1.82, 2.24) is 24.7 Å².